The molecule has 4 rings (SSSR count). The van der Waals surface area contributed by atoms with Gasteiger partial charge in [-0.2, -0.15) is 9.40 Å². The van der Waals surface area contributed by atoms with Crippen molar-refractivity contribution in [2.75, 3.05) is 6.54 Å². The quantitative estimate of drug-likeness (QED) is 0.723. The Morgan fingerprint density at radius 2 is 1.84 bits per heavy atom. The monoisotopic (exact) mass is 355 g/mol. The van der Waals surface area contributed by atoms with Crippen molar-refractivity contribution < 1.29 is 8.42 Å². The maximum absolute atomic E-state index is 13.5. The number of rotatable bonds is 3. The third-order valence-electron chi connectivity index (χ3n) is 4.99. The highest BCUT2D eigenvalue weighted by Gasteiger charge is 2.36. The summed E-state index contributed by atoms with van der Waals surface area (Å²) in [6.07, 6.45) is 4.46. The van der Waals surface area contributed by atoms with Crippen LogP contribution < -0.4 is 0 Å². The van der Waals surface area contributed by atoms with Gasteiger partial charge < -0.3 is 0 Å². The van der Waals surface area contributed by atoms with Crippen LogP contribution in [0.1, 0.15) is 31.0 Å². The van der Waals surface area contributed by atoms with Gasteiger partial charge in [0, 0.05) is 25.2 Å². The Kier molecular flexibility index (Phi) is 4.09. The zero-order valence-corrected chi connectivity index (χ0v) is 15.0. The molecule has 25 heavy (non-hydrogen) atoms. The van der Waals surface area contributed by atoms with E-state index in [1.54, 1.807) is 21.3 Å². The molecule has 0 bridgehead atoms. The SMILES string of the molecule is Cn1nccc1C1CCCCN1S(=O)(=O)c1cccc2ccccc12. The molecule has 3 aromatic rings. The fraction of sp³-hybridized carbons (Fsp3) is 0.316. The molecule has 1 unspecified atom stereocenters. The number of benzene rings is 2. The maximum Gasteiger partial charge on any atom is 0.244 e. The molecule has 130 valence electrons. The van der Waals surface area contributed by atoms with Gasteiger partial charge >= 0.3 is 0 Å². The van der Waals surface area contributed by atoms with Gasteiger partial charge in [0.1, 0.15) is 0 Å². The zero-order valence-electron chi connectivity index (χ0n) is 14.2. The first-order chi connectivity index (χ1) is 12.1. The van der Waals surface area contributed by atoms with Crippen molar-refractivity contribution in [3.05, 3.63) is 60.4 Å². The number of hydrogen-bond donors (Lipinski definition) is 0. The predicted octanol–water partition coefficient (Wildman–Crippen LogP) is 3.49. The fourth-order valence-corrected chi connectivity index (χ4v) is 5.63. The van der Waals surface area contributed by atoms with Crippen LogP contribution in [0.2, 0.25) is 0 Å². The van der Waals surface area contributed by atoms with Gasteiger partial charge in [-0.25, -0.2) is 8.42 Å². The maximum atomic E-state index is 13.5. The van der Waals surface area contributed by atoms with Gasteiger partial charge in [0.05, 0.1) is 16.6 Å². The molecule has 1 saturated heterocycles. The first-order valence-electron chi connectivity index (χ1n) is 8.56. The Morgan fingerprint density at radius 1 is 1.04 bits per heavy atom. The number of aromatic nitrogens is 2. The Labute approximate surface area is 147 Å². The van der Waals surface area contributed by atoms with Crippen LogP contribution in [-0.2, 0) is 17.1 Å². The first-order valence-corrected chi connectivity index (χ1v) is 10.0. The van der Waals surface area contributed by atoms with Crippen molar-refractivity contribution in [2.45, 2.75) is 30.2 Å². The second-order valence-electron chi connectivity index (χ2n) is 6.48. The third-order valence-corrected chi connectivity index (χ3v) is 6.96. The van der Waals surface area contributed by atoms with Gasteiger partial charge in [-0.05, 0) is 30.4 Å². The van der Waals surface area contributed by atoms with E-state index in [2.05, 4.69) is 5.10 Å². The molecular weight excluding hydrogens is 334 g/mol. The summed E-state index contributed by atoms with van der Waals surface area (Å²) in [5.74, 6) is 0. The summed E-state index contributed by atoms with van der Waals surface area (Å²) in [7, 11) is -1.72. The van der Waals surface area contributed by atoms with Crippen LogP contribution in [0, 0.1) is 0 Å². The molecule has 2 heterocycles. The number of aryl methyl sites for hydroxylation is 1. The van der Waals surface area contributed by atoms with Gasteiger partial charge in [0.25, 0.3) is 0 Å². The summed E-state index contributed by atoms with van der Waals surface area (Å²) in [4.78, 5) is 0.389. The third kappa shape index (κ3) is 2.75. The van der Waals surface area contributed by atoms with Crippen LogP contribution >= 0.6 is 0 Å². The molecule has 1 aromatic heterocycles. The summed E-state index contributed by atoms with van der Waals surface area (Å²) in [5, 5.41) is 5.95. The van der Waals surface area contributed by atoms with E-state index in [0.717, 1.165) is 35.7 Å². The lowest BCUT2D eigenvalue weighted by Gasteiger charge is -2.34. The minimum atomic E-state index is -3.59. The van der Waals surface area contributed by atoms with Crippen LogP contribution in [0.25, 0.3) is 10.8 Å². The molecule has 5 nitrogen and oxygen atoms in total. The summed E-state index contributed by atoms with van der Waals surface area (Å²) in [5.41, 5.74) is 0.948. The van der Waals surface area contributed by atoms with Crippen LogP contribution in [0.15, 0.2) is 59.6 Å². The summed E-state index contributed by atoms with van der Waals surface area (Å²) >= 11 is 0. The Bertz CT molecular complexity index is 1000. The highest BCUT2D eigenvalue weighted by Crippen LogP contribution is 2.36. The van der Waals surface area contributed by atoms with E-state index in [1.807, 2.05) is 49.5 Å². The van der Waals surface area contributed by atoms with Gasteiger partial charge in [-0.1, -0.05) is 42.8 Å². The average molecular weight is 355 g/mol. The predicted molar refractivity (Wildman–Crippen MR) is 97.6 cm³/mol. The van der Waals surface area contributed by atoms with E-state index in [0.29, 0.717) is 11.4 Å². The number of sulfonamides is 1. The summed E-state index contributed by atoms with van der Waals surface area (Å²) < 4.78 is 30.5. The van der Waals surface area contributed by atoms with Crippen molar-refractivity contribution in [1.82, 2.24) is 14.1 Å². The van der Waals surface area contributed by atoms with E-state index in [1.165, 1.54) is 0 Å². The molecule has 6 heteroatoms. The van der Waals surface area contributed by atoms with Crippen molar-refractivity contribution in [3.8, 4) is 0 Å². The van der Waals surface area contributed by atoms with Crippen LogP contribution in [0.4, 0.5) is 0 Å². The van der Waals surface area contributed by atoms with Gasteiger partial charge in [0.2, 0.25) is 10.0 Å². The van der Waals surface area contributed by atoms with Gasteiger partial charge in [-0.15, -0.1) is 0 Å². The van der Waals surface area contributed by atoms with E-state index in [-0.39, 0.29) is 6.04 Å². The van der Waals surface area contributed by atoms with Crippen molar-refractivity contribution in [2.24, 2.45) is 7.05 Å². The Hall–Kier alpha value is -2.18. The van der Waals surface area contributed by atoms with Gasteiger partial charge in [0.15, 0.2) is 0 Å². The lowest BCUT2D eigenvalue weighted by molar-refractivity contribution is 0.246. The van der Waals surface area contributed by atoms with Crippen molar-refractivity contribution >= 4 is 20.8 Å². The summed E-state index contributed by atoms with van der Waals surface area (Å²) in [6, 6.07) is 14.9. The minimum absolute atomic E-state index is 0.162. The first kappa shape index (κ1) is 16.3. The standard InChI is InChI=1S/C19H21N3O2S/c1-21-17(12-13-20-21)18-10-4-5-14-22(18)25(23,24)19-11-6-8-15-7-2-3-9-16(15)19/h2-3,6-9,11-13,18H,4-5,10,14H2,1H3. The van der Waals surface area contributed by atoms with Crippen molar-refractivity contribution in [3.63, 3.8) is 0 Å². The van der Waals surface area contributed by atoms with Crippen molar-refractivity contribution in [1.29, 1.82) is 0 Å². The minimum Gasteiger partial charge on any atom is -0.271 e. The topological polar surface area (TPSA) is 55.2 Å². The molecule has 1 atom stereocenters. The number of nitrogens with zero attached hydrogens (tertiary/aromatic N) is 3. The number of piperidine rings is 1. The number of fused-ring (bicyclic) bond motifs is 1. The second-order valence-corrected chi connectivity index (χ2v) is 8.34. The largest absolute Gasteiger partial charge is 0.271 e. The molecule has 1 aliphatic heterocycles. The molecule has 1 aliphatic rings. The molecule has 1 fully saturated rings. The molecule has 0 spiro atoms. The van der Waals surface area contributed by atoms with E-state index >= 15 is 0 Å². The molecule has 0 radical (unpaired) electrons. The second kappa shape index (κ2) is 6.28. The number of hydrogen-bond acceptors (Lipinski definition) is 3. The normalized spacial score (nSPS) is 19.3. The molecule has 0 aliphatic carbocycles. The van der Waals surface area contributed by atoms with Crippen LogP contribution in [0.5, 0.6) is 0 Å². The van der Waals surface area contributed by atoms with Gasteiger partial charge in [-0.3, -0.25) is 4.68 Å². The molecule has 0 saturated carbocycles. The summed E-state index contributed by atoms with van der Waals surface area (Å²) in [6.45, 7) is 0.543. The lowest BCUT2D eigenvalue weighted by Crippen LogP contribution is -2.39. The Balaban J connectivity index is 1.84. The highest BCUT2D eigenvalue weighted by molar-refractivity contribution is 7.89. The molecule has 0 amide bonds. The lowest BCUT2D eigenvalue weighted by atomic mass is 10.0. The zero-order chi connectivity index (χ0) is 17.4. The smallest absolute Gasteiger partial charge is 0.244 e. The van der Waals surface area contributed by atoms with Crippen LogP contribution in [0.3, 0.4) is 0 Å². The Morgan fingerprint density at radius 3 is 2.64 bits per heavy atom. The molecular formula is C19H21N3O2S. The van der Waals surface area contributed by atoms with E-state index in [9.17, 15) is 8.42 Å². The van der Waals surface area contributed by atoms with Crippen LogP contribution in [-0.4, -0.2) is 29.0 Å². The van der Waals surface area contributed by atoms with E-state index in [4.69, 9.17) is 0 Å². The average Bonchev–Trinajstić information content (AvgIpc) is 3.07. The van der Waals surface area contributed by atoms with E-state index < -0.39 is 10.0 Å². The molecule has 2 aromatic carbocycles. The molecule has 0 N–H and O–H groups in total. The highest BCUT2D eigenvalue weighted by atomic mass is 32.2. The fourth-order valence-electron chi connectivity index (χ4n) is 3.75.